The van der Waals surface area contributed by atoms with Gasteiger partial charge in [-0.05, 0) is 37.8 Å². The Labute approximate surface area is 130 Å². The fourth-order valence-corrected chi connectivity index (χ4v) is 3.54. The number of anilines is 1. The van der Waals surface area contributed by atoms with Crippen molar-refractivity contribution in [2.24, 2.45) is 7.05 Å². The van der Waals surface area contributed by atoms with E-state index in [1.807, 2.05) is 11.3 Å². The largest absolute Gasteiger partial charge is 0.348 e. The van der Waals surface area contributed by atoms with Crippen molar-refractivity contribution in [2.75, 3.05) is 11.4 Å². The Kier molecular flexibility index (Phi) is 4.31. The first-order valence-electron chi connectivity index (χ1n) is 7.73. The van der Waals surface area contributed by atoms with E-state index in [2.05, 4.69) is 58.4 Å². The average Bonchev–Trinajstić information content (AvgIpc) is 3.10. The van der Waals surface area contributed by atoms with Crippen LogP contribution in [0.25, 0.3) is 0 Å². The maximum absolute atomic E-state index is 4.66. The maximum atomic E-state index is 4.66. The Bertz CT molecular complexity index is 584. The van der Waals surface area contributed by atoms with E-state index >= 15 is 0 Å². The molecule has 0 radical (unpaired) electrons. The van der Waals surface area contributed by atoms with E-state index in [1.54, 1.807) is 0 Å². The zero-order valence-corrected chi connectivity index (χ0v) is 13.9. The minimum Gasteiger partial charge on any atom is -0.348 e. The third-order valence-electron chi connectivity index (χ3n) is 4.03. The minimum absolute atomic E-state index is 0.683. The quantitative estimate of drug-likeness (QED) is 0.853. The van der Waals surface area contributed by atoms with Gasteiger partial charge in [-0.2, -0.15) is 5.10 Å². The van der Waals surface area contributed by atoms with Crippen LogP contribution in [0, 0.1) is 6.92 Å². The highest BCUT2D eigenvalue weighted by atomic mass is 32.1. The van der Waals surface area contributed by atoms with Crippen LogP contribution in [0.5, 0.6) is 0 Å². The number of hydrogen-bond acceptors (Lipinski definition) is 4. The van der Waals surface area contributed by atoms with Crippen LogP contribution in [0.3, 0.4) is 0 Å². The first-order valence-corrected chi connectivity index (χ1v) is 8.61. The van der Waals surface area contributed by atoms with Crippen LogP contribution in [-0.4, -0.2) is 22.4 Å². The van der Waals surface area contributed by atoms with E-state index in [0.29, 0.717) is 6.04 Å². The second-order valence-electron chi connectivity index (χ2n) is 5.73. The molecule has 1 saturated carbocycles. The first kappa shape index (κ1) is 14.6. The summed E-state index contributed by atoms with van der Waals surface area (Å²) in [4.78, 5) is 3.98. The fraction of sp³-hybridized carbons (Fsp3) is 0.562. The van der Waals surface area contributed by atoms with Crippen LogP contribution in [0.1, 0.15) is 35.9 Å². The molecule has 21 heavy (non-hydrogen) atoms. The third kappa shape index (κ3) is 3.14. The van der Waals surface area contributed by atoms with Gasteiger partial charge in [0.1, 0.15) is 5.82 Å². The molecule has 1 aliphatic rings. The van der Waals surface area contributed by atoms with E-state index in [-0.39, 0.29) is 0 Å². The van der Waals surface area contributed by atoms with Crippen molar-refractivity contribution in [1.29, 1.82) is 0 Å². The molecule has 0 saturated heterocycles. The molecule has 0 spiro atoms. The summed E-state index contributed by atoms with van der Waals surface area (Å²) in [6.07, 6.45) is 2.60. The summed E-state index contributed by atoms with van der Waals surface area (Å²) in [5.74, 6) is 1.30. The Balaban J connectivity index is 1.91. The molecule has 1 fully saturated rings. The van der Waals surface area contributed by atoms with Crippen LogP contribution in [0.2, 0.25) is 0 Å². The fourth-order valence-electron chi connectivity index (χ4n) is 2.84. The first-order chi connectivity index (χ1) is 10.2. The van der Waals surface area contributed by atoms with Gasteiger partial charge in [0.25, 0.3) is 0 Å². The highest BCUT2D eigenvalue weighted by Crippen LogP contribution is 2.36. The molecule has 0 aromatic carbocycles. The van der Waals surface area contributed by atoms with Crippen molar-refractivity contribution in [3.8, 4) is 0 Å². The smallest absolute Gasteiger partial charge is 0.131 e. The molecule has 2 heterocycles. The number of aryl methyl sites for hydroxylation is 2. The lowest BCUT2D eigenvalue weighted by Gasteiger charge is -2.25. The lowest BCUT2D eigenvalue weighted by Crippen LogP contribution is -2.28. The van der Waals surface area contributed by atoms with Gasteiger partial charge in [-0.25, -0.2) is 0 Å². The molecule has 1 N–H and O–H groups in total. The van der Waals surface area contributed by atoms with Gasteiger partial charge in [0.05, 0.1) is 12.2 Å². The summed E-state index contributed by atoms with van der Waals surface area (Å²) in [5.41, 5.74) is 2.49. The Hall–Kier alpha value is -1.33. The molecule has 0 aliphatic heterocycles. The number of aromatic nitrogens is 2. The standard InChI is InChI=1S/C16H24N4S/c1-4-17-10-15-12(2)18-19(3)16(15)20(13-7-8-13)11-14-6-5-9-21-14/h5-6,9,13,17H,4,7-8,10-11H2,1-3H3. The van der Waals surface area contributed by atoms with Crippen LogP contribution < -0.4 is 10.2 Å². The topological polar surface area (TPSA) is 33.1 Å². The normalized spacial score (nSPS) is 14.6. The molecule has 5 heteroatoms. The van der Waals surface area contributed by atoms with Crippen molar-refractivity contribution < 1.29 is 0 Å². The van der Waals surface area contributed by atoms with Gasteiger partial charge in [-0.3, -0.25) is 4.68 Å². The van der Waals surface area contributed by atoms with Gasteiger partial charge >= 0.3 is 0 Å². The lowest BCUT2D eigenvalue weighted by molar-refractivity contribution is 0.682. The average molecular weight is 304 g/mol. The van der Waals surface area contributed by atoms with Crippen molar-refractivity contribution in [3.05, 3.63) is 33.6 Å². The van der Waals surface area contributed by atoms with Crippen LogP contribution in [0.4, 0.5) is 5.82 Å². The van der Waals surface area contributed by atoms with Gasteiger partial charge in [0.15, 0.2) is 0 Å². The molecule has 0 unspecified atom stereocenters. The highest BCUT2D eigenvalue weighted by molar-refractivity contribution is 7.09. The van der Waals surface area contributed by atoms with E-state index in [9.17, 15) is 0 Å². The second-order valence-corrected chi connectivity index (χ2v) is 6.76. The van der Waals surface area contributed by atoms with Gasteiger partial charge in [-0.15, -0.1) is 11.3 Å². The SMILES string of the molecule is CCNCc1c(C)nn(C)c1N(Cc1cccs1)C1CC1. The Morgan fingerprint density at radius 2 is 2.29 bits per heavy atom. The van der Waals surface area contributed by atoms with Gasteiger partial charge in [-0.1, -0.05) is 13.0 Å². The number of hydrogen-bond donors (Lipinski definition) is 1. The number of nitrogens with zero attached hydrogens (tertiary/aromatic N) is 3. The van der Waals surface area contributed by atoms with Crippen LogP contribution in [-0.2, 0) is 20.1 Å². The van der Waals surface area contributed by atoms with Crippen molar-refractivity contribution in [3.63, 3.8) is 0 Å². The Morgan fingerprint density at radius 3 is 2.90 bits per heavy atom. The second kappa shape index (κ2) is 6.20. The number of nitrogens with one attached hydrogen (secondary N) is 1. The summed E-state index contributed by atoms with van der Waals surface area (Å²) in [7, 11) is 2.07. The molecule has 0 amide bonds. The van der Waals surface area contributed by atoms with Gasteiger partial charge < -0.3 is 10.2 Å². The van der Waals surface area contributed by atoms with Gasteiger partial charge in [0.2, 0.25) is 0 Å². The monoisotopic (exact) mass is 304 g/mol. The number of thiophene rings is 1. The highest BCUT2D eigenvalue weighted by Gasteiger charge is 2.33. The molecule has 0 atom stereocenters. The molecule has 3 rings (SSSR count). The van der Waals surface area contributed by atoms with Crippen LogP contribution in [0.15, 0.2) is 17.5 Å². The van der Waals surface area contributed by atoms with E-state index < -0.39 is 0 Å². The van der Waals surface area contributed by atoms with E-state index in [0.717, 1.165) is 25.3 Å². The summed E-state index contributed by atoms with van der Waals surface area (Å²) in [6, 6.07) is 5.05. The van der Waals surface area contributed by atoms with Crippen molar-refractivity contribution in [1.82, 2.24) is 15.1 Å². The zero-order chi connectivity index (χ0) is 14.8. The summed E-state index contributed by atoms with van der Waals surface area (Å²) < 4.78 is 2.06. The molecule has 0 bridgehead atoms. The number of rotatable bonds is 7. The molecule has 4 nitrogen and oxygen atoms in total. The maximum Gasteiger partial charge on any atom is 0.131 e. The molecular weight excluding hydrogens is 280 g/mol. The molecule has 114 valence electrons. The Morgan fingerprint density at radius 1 is 1.48 bits per heavy atom. The van der Waals surface area contributed by atoms with E-state index in [1.165, 1.54) is 29.1 Å². The summed E-state index contributed by atoms with van der Waals surface area (Å²) in [5, 5.41) is 10.3. The molecular formula is C16H24N4S. The predicted molar refractivity (Wildman–Crippen MR) is 88.8 cm³/mol. The minimum atomic E-state index is 0.683. The summed E-state index contributed by atoms with van der Waals surface area (Å²) in [6.45, 7) is 7.16. The predicted octanol–water partition coefficient (Wildman–Crippen LogP) is 3.07. The van der Waals surface area contributed by atoms with Crippen LogP contribution >= 0.6 is 11.3 Å². The van der Waals surface area contributed by atoms with Crippen molar-refractivity contribution in [2.45, 2.75) is 45.8 Å². The van der Waals surface area contributed by atoms with E-state index in [4.69, 9.17) is 0 Å². The molecule has 2 aromatic heterocycles. The van der Waals surface area contributed by atoms with Crippen molar-refractivity contribution >= 4 is 17.2 Å². The lowest BCUT2D eigenvalue weighted by atomic mass is 10.2. The molecule has 1 aliphatic carbocycles. The summed E-state index contributed by atoms with van der Waals surface area (Å²) >= 11 is 1.84. The van der Waals surface area contributed by atoms with Gasteiger partial charge in [0, 0.05) is 30.1 Å². The zero-order valence-electron chi connectivity index (χ0n) is 13.1. The molecule has 2 aromatic rings. The third-order valence-corrected chi connectivity index (χ3v) is 4.89.